The summed E-state index contributed by atoms with van der Waals surface area (Å²) in [7, 11) is -0.508. The quantitative estimate of drug-likeness (QED) is 0.725. The molecule has 0 unspecified atom stereocenters. The molecule has 1 aliphatic heterocycles. The Kier molecular flexibility index (Phi) is 7.13. The molecule has 1 heterocycles. The Balaban J connectivity index is 1.83. The zero-order valence-electron chi connectivity index (χ0n) is 17.9. The molecular weight excluding hydrogens is 405 g/mol. The van der Waals surface area contributed by atoms with E-state index in [9.17, 15) is 12.8 Å². The third kappa shape index (κ3) is 5.37. The largest absolute Gasteiger partial charge is 0.484 e. The second kappa shape index (κ2) is 9.43. The average molecular weight is 436 g/mol. The minimum Gasteiger partial charge on any atom is -0.484 e. The third-order valence-electron chi connectivity index (χ3n) is 5.33. The predicted octanol–water partition coefficient (Wildman–Crippen LogP) is 2.80. The van der Waals surface area contributed by atoms with Crippen molar-refractivity contribution in [2.24, 2.45) is 0 Å². The summed E-state index contributed by atoms with van der Waals surface area (Å²) in [6, 6.07) is 11.9. The number of ether oxygens (including phenoxy) is 1. The van der Waals surface area contributed by atoms with Crippen LogP contribution in [0.25, 0.3) is 0 Å². The molecule has 1 fully saturated rings. The van der Waals surface area contributed by atoms with Crippen LogP contribution in [0.2, 0.25) is 0 Å². The number of aryl methyl sites for hydroxylation is 1. The van der Waals surface area contributed by atoms with Gasteiger partial charge in [-0.1, -0.05) is 12.1 Å². The fourth-order valence-electron chi connectivity index (χ4n) is 3.50. The van der Waals surface area contributed by atoms with Gasteiger partial charge < -0.3 is 10.1 Å². The lowest BCUT2D eigenvalue weighted by atomic mass is 10.1. The molecule has 0 aliphatic carbocycles. The van der Waals surface area contributed by atoms with E-state index in [-0.39, 0.29) is 16.8 Å². The van der Waals surface area contributed by atoms with E-state index in [1.807, 2.05) is 6.07 Å². The monoisotopic (exact) mass is 435 g/mol. The number of rotatable bonds is 7. The van der Waals surface area contributed by atoms with Crippen LogP contribution in [0.4, 0.5) is 4.39 Å². The lowest BCUT2D eigenvalue weighted by molar-refractivity contribution is 0.112. The van der Waals surface area contributed by atoms with Crippen molar-refractivity contribution in [3.8, 4) is 5.75 Å². The minimum absolute atomic E-state index is 0.203. The first-order valence-corrected chi connectivity index (χ1v) is 11.5. The molecule has 164 valence electrons. The van der Waals surface area contributed by atoms with Gasteiger partial charge in [0.25, 0.3) is 0 Å². The van der Waals surface area contributed by atoms with Gasteiger partial charge in [0.15, 0.2) is 0 Å². The van der Waals surface area contributed by atoms with Gasteiger partial charge in [-0.2, -0.15) is 0 Å². The molecule has 1 N–H and O–H groups in total. The SMILES string of the molecule is Cc1ccc([C@H](CN2CCN[C@H](C)C2)Oc2ccc(S(=O)(=O)N(C)C)cc2)cc1F. The molecule has 0 radical (unpaired) electrons. The van der Waals surface area contributed by atoms with Crippen LogP contribution >= 0.6 is 0 Å². The average Bonchev–Trinajstić information content (AvgIpc) is 2.70. The van der Waals surface area contributed by atoms with Crippen LogP contribution in [0.1, 0.15) is 24.2 Å². The van der Waals surface area contributed by atoms with Crippen LogP contribution in [0.5, 0.6) is 5.75 Å². The van der Waals surface area contributed by atoms with Crippen LogP contribution in [0.15, 0.2) is 47.4 Å². The summed E-state index contributed by atoms with van der Waals surface area (Å²) in [4.78, 5) is 2.50. The number of piperazine rings is 1. The van der Waals surface area contributed by atoms with Crippen LogP contribution in [-0.2, 0) is 10.0 Å². The van der Waals surface area contributed by atoms with Crippen molar-refractivity contribution in [1.29, 1.82) is 0 Å². The van der Waals surface area contributed by atoms with Crippen LogP contribution in [-0.4, -0.2) is 63.9 Å². The van der Waals surface area contributed by atoms with E-state index in [0.29, 0.717) is 23.9 Å². The van der Waals surface area contributed by atoms with Gasteiger partial charge in [-0.3, -0.25) is 4.90 Å². The first-order valence-electron chi connectivity index (χ1n) is 10.1. The number of sulfonamides is 1. The molecular formula is C22H30FN3O3S. The highest BCUT2D eigenvalue weighted by Gasteiger charge is 2.23. The highest BCUT2D eigenvalue weighted by molar-refractivity contribution is 7.89. The number of hydrogen-bond acceptors (Lipinski definition) is 5. The zero-order chi connectivity index (χ0) is 21.9. The maximum Gasteiger partial charge on any atom is 0.242 e. The molecule has 3 rings (SSSR count). The zero-order valence-corrected chi connectivity index (χ0v) is 18.7. The number of nitrogens with zero attached hydrogens (tertiary/aromatic N) is 2. The lowest BCUT2D eigenvalue weighted by Gasteiger charge is -2.34. The maximum atomic E-state index is 14.2. The smallest absolute Gasteiger partial charge is 0.242 e. The molecule has 1 aliphatic rings. The molecule has 30 heavy (non-hydrogen) atoms. The van der Waals surface area contributed by atoms with Crippen LogP contribution < -0.4 is 10.1 Å². The van der Waals surface area contributed by atoms with Gasteiger partial charge in [-0.15, -0.1) is 0 Å². The molecule has 0 spiro atoms. The molecule has 0 saturated carbocycles. The van der Waals surface area contributed by atoms with Crippen molar-refractivity contribution in [3.05, 3.63) is 59.4 Å². The van der Waals surface area contributed by atoms with E-state index in [4.69, 9.17) is 4.74 Å². The number of nitrogens with one attached hydrogen (secondary N) is 1. The van der Waals surface area contributed by atoms with E-state index < -0.39 is 10.0 Å². The predicted molar refractivity (Wildman–Crippen MR) is 116 cm³/mol. The third-order valence-corrected chi connectivity index (χ3v) is 7.15. The molecule has 1 saturated heterocycles. The van der Waals surface area contributed by atoms with Crippen molar-refractivity contribution < 1.29 is 17.5 Å². The summed E-state index contributed by atoms with van der Waals surface area (Å²) in [5, 5.41) is 3.42. The Hall–Kier alpha value is -2.00. The number of halogens is 1. The van der Waals surface area contributed by atoms with Gasteiger partial charge >= 0.3 is 0 Å². The Labute approximate surface area is 178 Å². The minimum atomic E-state index is -3.50. The van der Waals surface area contributed by atoms with Crippen LogP contribution in [0.3, 0.4) is 0 Å². The first kappa shape index (κ1) is 22.7. The molecule has 6 nitrogen and oxygen atoms in total. The summed E-state index contributed by atoms with van der Waals surface area (Å²) >= 11 is 0. The topological polar surface area (TPSA) is 61.9 Å². The Morgan fingerprint density at radius 2 is 1.93 bits per heavy atom. The van der Waals surface area contributed by atoms with E-state index in [0.717, 1.165) is 25.2 Å². The Bertz CT molecular complexity index is 964. The van der Waals surface area contributed by atoms with Crippen molar-refractivity contribution in [1.82, 2.24) is 14.5 Å². The van der Waals surface area contributed by atoms with E-state index >= 15 is 0 Å². The van der Waals surface area contributed by atoms with E-state index in [1.54, 1.807) is 25.1 Å². The summed E-state index contributed by atoms with van der Waals surface area (Å²) in [5.41, 5.74) is 1.35. The van der Waals surface area contributed by atoms with Gasteiger partial charge in [0.1, 0.15) is 17.7 Å². The molecule has 2 aromatic rings. The summed E-state index contributed by atoms with van der Waals surface area (Å²) < 4.78 is 46.2. The fourth-order valence-corrected chi connectivity index (χ4v) is 4.40. The van der Waals surface area contributed by atoms with Crippen molar-refractivity contribution in [2.45, 2.75) is 30.9 Å². The van der Waals surface area contributed by atoms with Crippen LogP contribution in [0, 0.1) is 12.7 Å². The highest BCUT2D eigenvalue weighted by Crippen LogP contribution is 2.26. The van der Waals surface area contributed by atoms with E-state index in [1.165, 1.54) is 36.6 Å². The lowest BCUT2D eigenvalue weighted by Crippen LogP contribution is -2.50. The van der Waals surface area contributed by atoms with Gasteiger partial charge in [0.05, 0.1) is 4.90 Å². The maximum absolute atomic E-state index is 14.2. The Morgan fingerprint density at radius 1 is 1.23 bits per heavy atom. The summed E-state index contributed by atoms with van der Waals surface area (Å²) in [5.74, 6) is 0.282. The second-order valence-electron chi connectivity index (χ2n) is 7.99. The highest BCUT2D eigenvalue weighted by atomic mass is 32.2. The first-order chi connectivity index (χ1) is 14.2. The molecule has 8 heteroatoms. The van der Waals surface area contributed by atoms with Crippen molar-refractivity contribution in [3.63, 3.8) is 0 Å². The van der Waals surface area contributed by atoms with Gasteiger partial charge in [0.2, 0.25) is 10.0 Å². The van der Waals surface area contributed by atoms with Crippen molar-refractivity contribution in [2.75, 3.05) is 40.3 Å². The number of hydrogen-bond donors (Lipinski definition) is 1. The van der Waals surface area contributed by atoms with Gasteiger partial charge in [-0.05, 0) is 55.3 Å². The summed E-state index contributed by atoms with van der Waals surface area (Å²) in [6.45, 7) is 7.15. The molecule has 2 aromatic carbocycles. The van der Waals surface area contributed by atoms with E-state index in [2.05, 4.69) is 17.1 Å². The molecule has 2 atom stereocenters. The number of benzene rings is 2. The standard InChI is InChI=1S/C22H30FN3O3S/c1-16-5-6-18(13-21(16)23)22(15-26-12-11-24-17(2)14-26)29-19-7-9-20(10-8-19)30(27,28)25(3)4/h5-10,13,17,22,24H,11-12,14-15H2,1-4H3/t17-,22+/m1/s1. The van der Waals surface area contributed by atoms with Gasteiger partial charge in [0, 0.05) is 46.3 Å². The normalized spacial score (nSPS) is 19.1. The fraction of sp³-hybridized carbons (Fsp3) is 0.455. The molecule has 0 aromatic heterocycles. The molecule has 0 bridgehead atoms. The second-order valence-corrected chi connectivity index (χ2v) is 10.1. The Morgan fingerprint density at radius 3 is 2.53 bits per heavy atom. The van der Waals surface area contributed by atoms with Crippen molar-refractivity contribution >= 4 is 10.0 Å². The van der Waals surface area contributed by atoms with Gasteiger partial charge in [-0.25, -0.2) is 17.1 Å². The summed E-state index contributed by atoms with van der Waals surface area (Å²) in [6.07, 6.45) is -0.373. The molecule has 0 amide bonds.